The van der Waals surface area contributed by atoms with Crippen LogP contribution in [0, 0.1) is 23.6 Å². The van der Waals surface area contributed by atoms with Gasteiger partial charge in [0.2, 0.25) is 5.91 Å². The van der Waals surface area contributed by atoms with Crippen molar-refractivity contribution >= 4 is 18.3 Å². The Bertz CT molecular complexity index is 554. The lowest BCUT2D eigenvalue weighted by Crippen LogP contribution is -2.39. The number of nitrogens with two attached hydrogens (primary N) is 1. The van der Waals surface area contributed by atoms with Crippen LogP contribution in [-0.4, -0.2) is 23.9 Å². The monoisotopic (exact) mass is 340 g/mol. The molecule has 3 nitrogen and oxygen atoms in total. The van der Waals surface area contributed by atoms with Gasteiger partial charge in [-0.15, -0.1) is 12.4 Å². The molecular weight excluding hydrogens is 315 g/mol. The van der Waals surface area contributed by atoms with E-state index >= 15 is 0 Å². The Balaban J connectivity index is 0.00000192. The summed E-state index contributed by atoms with van der Waals surface area (Å²) in [4.78, 5) is 14.9. The van der Waals surface area contributed by atoms with E-state index in [0.717, 1.165) is 32.2 Å². The van der Waals surface area contributed by atoms with Gasteiger partial charge in [-0.25, -0.2) is 4.39 Å². The van der Waals surface area contributed by atoms with E-state index in [-0.39, 0.29) is 36.1 Å². The van der Waals surface area contributed by atoms with Crippen LogP contribution in [0.4, 0.5) is 4.39 Å². The molecule has 1 aliphatic carbocycles. The lowest BCUT2D eigenvalue weighted by Gasteiger charge is -2.30. The van der Waals surface area contributed by atoms with E-state index in [1.54, 1.807) is 6.07 Å². The molecule has 1 saturated carbocycles. The number of carbonyl (C=O) groups excluding carboxylic acids is 1. The predicted molar refractivity (Wildman–Crippen MR) is 91.8 cm³/mol. The first-order valence-electron chi connectivity index (χ1n) is 8.36. The SMILES string of the molecule is CC1CC(c2ccccc2F)N(C(=O)[C@@H]2CCC[C@@H]2CN)C1.Cl. The summed E-state index contributed by atoms with van der Waals surface area (Å²) in [6, 6.07) is 6.72. The second-order valence-corrected chi connectivity index (χ2v) is 6.90. The zero-order chi connectivity index (χ0) is 15.7. The zero-order valence-corrected chi connectivity index (χ0v) is 14.4. The summed E-state index contributed by atoms with van der Waals surface area (Å²) in [6.07, 6.45) is 3.88. The van der Waals surface area contributed by atoms with Crippen molar-refractivity contribution in [1.82, 2.24) is 4.90 Å². The fraction of sp³-hybridized carbons (Fsp3) is 0.611. The van der Waals surface area contributed by atoms with E-state index in [4.69, 9.17) is 5.73 Å². The second-order valence-electron chi connectivity index (χ2n) is 6.90. The van der Waals surface area contributed by atoms with Crippen LogP contribution in [0.1, 0.15) is 44.2 Å². The van der Waals surface area contributed by atoms with Gasteiger partial charge in [0.15, 0.2) is 0 Å². The molecule has 2 unspecified atom stereocenters. The third-order valence-corrected chi connectivity index (χ3v) is 5.34. The summed E-state index contributed by atoms with van der Waals surface area (Å²) in [5.41, 5.74) is 6.48. The number of hydrogen-bond acceptors (Lipinski definition) is 2. The number of rotatable bonds is 3. The van der Waals surface area contributed by atoms with Crippen LogP contribution in [-0.2, 0) is 4.79 Å². The predicted octanol–water partition coefficient (Wildman–Crippen LogP) is 3.53. The Hall–Kier alpha value is -1.13. The van der Waals surface area contributed by atoms with E-state index in [9.17, 15) is 9.18 Å². The molecule has 2 aliphatic rings. The lowest BCUT2D eigenvalue weighted by molar-refractivity contribution is -0.137. The third kappa shape index (κ3) is 3.53. The second kappa shape index (κ2) is 7.63. The highest BCUT2D eigenvalue weighted by Crippen LogP contribution is 2.40. The van der Waals surface area contributed by atoms with Crippen molar-refractivity contribution in [1.29, 1.82) is 0 Å². The van der Waals surface area contributed by atoms with Gasteiger partial charge < -0.3 is 10.6 Å². The fourth-order valence-corrected chi connectivity index (χ4v) is 4.19. The van der Waals surface area contributed by atoms with Gasteiger partial charge in [-0.3, -0.25) is 4.79 Å². The van der Waals surface area contributed by atoms with Crippen LogP contribution >= 0.6 is 12.4 Å². The molecule has 4 atom stereocenters. The van der Waals surface area contributed by atoms with Crippen LogP contribution in [0.5, 0.6) is 0 Å². The maximum Gasteiger partial charge on any atom is 0.226 e. The molecule has 128 valence electrons. The van der Waals surface area contributed by atoms with Gasteiger partial charge in [0.1, 0.15) is 5.82 Å². The number of carbonyl (C=O) groups is 1. The van der Waals surface area contributed by atoms with E-state index in [1.807, 2.05) is 17.0 Å². The number of nitrogens with zero attached hydrogens (tertiary/aromatic N) is 1. The summed E-state index contributed by atoms with van der Waals surface area (Å²) in [5, 5.41) is 0. The third-order valence-electron chi connectivity index (χ3n) is 5.34. The molecule has 0 aromatic heterocycles. The molecular formula is C18H26ClFN2O. The van der Waals surface area contributed by atoms with Gasteiger partial charge in [-0.1, -0.05) is 31.5 Å². The van der Waals surface area contributed by atoms with Crippen LogP contribution in [0.15, 0.2) is 24.3 Å². The Morgan fingerprint density at radius 2 is 2.09 bits per heavy atom. The van der Waals surface area contributed by atoms with Gasteiger partial charge in [0.25, 0.3) is 0 Å². The highest BCUT2D eigenvalue weighted by molar-refractivity contribution is 5.85. The van der Waals surface area contributed by atoms with Crippen molar-refractivity contribution in [3.63, 3.8) is 0 Å². The maximum absolute atomic E-state index is 14.2. The molecule has 5 heteroatoms. The van der Waals surface area contributed by atoms with Gasteiger partial charge in [0, 0.05) is 18.0 Å². The molecule has 1 aromatic carbocycles. The van der Waals surface area contributed by atoms with Crippen LogP contribution in [0.25, 0.3) is 0 Å². The van der Waals surface area contributed by atoms with Crippen LogP contribution in [0.3, 0.4) is 0 Å². The summed E-state index contributed by atoms with van der Waals surface area (Å²) in [7, 11) is 0. The van der Waals surface area contributed by atoms with Crippen LogP contribution in [0.2, 0.25) is 0 Å². The summed E-state index contributed by atoms with van der Waals surface area (Å²) in [6.45, 7) is 3.44. The number of hydrogen-bond donors (Lipinski definition) is 1. The van der Waals surface area contributed by atoms with Crippen molar-refractivity contribution in [2.45, 2.75) is 38.6 Å². The molecule has 0 spiro atoms. The lowest BCUT2D eigenvalue weighted by atomic mass is 9.93. The molecule has 23 heavy (non-hydrogen) atoms. The Morgan fingerprint density at radius 1 is 1.35 bits per heavy atom. The Kier molecular flexibility index (Phi) is 6.04. The number of amides is 1. The molecule has 2 fully saturated rings. The highest BCUT2D eigenvalue weighted by Gasteiger charge is 2.41. The van der Waals surface area contributed by atoms with Gasteiger partial charge >= 0.3 is 0 Å². The average Bonchev–Trinajstić information content (AvgIpc) is 3.13. The smallest absolute Gasteiger partial charge is 0.226 e. The topological polar surface area (TPSA) is 46.3 Å². The first kappa shape index (κ1) is 18.2. The minimum atomic E-state index is -0.207. The molecule has 0 radical (unpaired) electrons. The van der Waals surface area contributed by atoms with Crippen LogP contribution < -0.4 is 5.73 Å². The number of halogens is 2. The summed E-state index contributed by atoms with van der Waals surface area (Å²) >= 11 is 0. The first-order chi connectivity index (χ1) is 10.6. The van der Waals surface area contributed by atoms with E-state index < -0.39 is 0 Å². The number of benzene rings is 1. The molecule has 0 bridgehead atoms. The average molecular weight is 341 g/mol. The van der Waals surface area contributed by atoms with Gasteiger partial charge in [-0.05, 0) is 43.7 Å². The Morgan fingerprint density at radius 3 is 2.78 bits per heavy atom. The van der Waals surface area contributed by atoms with Crippen molar-refractivity contribution in [2.24, 2.45) is 23.5 Å². The molecule has 2 N–H and O–H groups in total. The van der Waals surface area contributed by atoms with E-state index in [1.165, 1.54) is 6.07 Å². The van der Waals surface area contributed by atoms with Gasteiger partial charge in [-0.2, -0.15) is 0 Å². The van der Waals surface area contributed by atoms with Gasteiger partial charge in [0.05, 0.1) is 6.04 Å². The summed E-state index contributed by atoms with van der Waals surface area (Å²) in [5.74, 6) is 0.715. The molecule has 1 aromatic rings. The summed E-state index contributed by atoms with van der Waals surface area (Å²) < 4.78 is 14.2. The molecule has 3 rings (SSSR count). The first-order valence-corrected chi connectivity index (χ1v) is 8.36. The van der Waals surface area contributed by atoms with E-state index in [0.29, 0.717) is 23.9 Å². The quantitative estimate of drug-likeness (QED) is 0.914. The largest absolute Gasteiger partial charge is 0.335 e. The van der Waals surface area contributed by atoms with Crippen molar-refractivity contribution in [2.75, 3.05) is 13.1 Å². The highest BCUT2D eigenvalue weighted by atomic mass is 35.5. The fourth-order valence-electron chi connectivity index (χ4n) is 4.19. The van der Waals surface area contributed by atoms with Crippen molar-refractivity contribution < 1.29 is 9.18 Å². The molecule has 1 aliphatic heterocycles. The van der Waals surface area contributed by atoms with Crippen molar-refractivity contribution in [3.05, 3.63) is 35.6 Å². The normalized spacial score (nSPS) is 30.3. The zero-order valence-electron chi connectivity index (χ0n) is 13.6. The molecule has 1 amide bonds. The van der Waals surface area contributed by atoms with Crippen molar-refractivity contribution in [3.8, 4) is 0 Å². The van der Waals surface area contributed by atoms with E-state index in [2.05, 4.69) is 6.92 Å². The standard InChI is InChI=1S/C18H25FN2O.ClH/c1-12-9-17(15-6-2-3-8-16(15)19)21(11-12)18(22)14-7-4-5-13(14)10-20;/h2-3,6,8,12-14,17H,4-5,7,9-11,20H2,1H3;1H/t12?,13-,14-,17?;/m1./s1. The molecule has 1 saturated heterocycles. The molecule has 1 heterocycles. The minimum Gasteiger partial charge on any atom is -0.335 e. The maximum atomic E-state index is 14.2. The Labute approximate surface area is 143 Å². The number of likely N-dealkylation sites (tertiary alicyclic amines) is 1. The minimum absolute atomic E-state index is 0.